The van der Waals surface area contributed by atoms with Gasteiger partial charge in [0.2, 0.25) is 0 Å². The molecule has 0 bridgehead atoms. The Labute approximate surface area is 97.2 Å². The van der Waals surface area contributed by atoms with E-state index >= 15 is 0 Å². The van der Waals surface area contributed by atoms with Gasteiger partial charge < -0.3 is 5.73 Å². The Morgan fingerprint density at radius 1 is 1.31 bits per heavy atom. The second-order valence-electron chi connectivity index (χ2n) is 2.96. The molecule has 0 aliphatic carbocycles. The summed E-state index contributed by atoms with van der Waals surface area (Å²) in [6, 6.07) is 9.39. The first-order chi connectivity index (χ1) is 7.86. The third-order valence-electron chi connectivity index (χ3n) is 1.82. The molecule has 0 saturated heterocycles. The van der Waals surface area contributed by atoms with Crippen molar-refractivity contribution in [2.75, 3.05) is 0 Å². The molecule has 2 heterocycles. The second-order valence-corrected chi connectivity index (χ2v) is 3.94. The van der Waals surface area contributed by atoms with Gasteiger partial charge in [0, 0.05) is 11.1 Å². The fourth-order valence-corrected chi connectivity index (χ4v) is 1.66. The van der Waals surface area contributed by atoms with E-state index in [1.54, 1.807) is 29.8 Å². The van der Waals surface area contributed by atoms with Crippen molar-refractivity contribution < 1.29 is 0 Å². The maximum atomic E-state index is 5.71. The van der Waals surface area contributed by atoms with Crippen molar-refractivity contribution in [3.8, 4) is 0 Å². The summed E-state index contributed by atoms with van der Waals surface area (Å²) >= 11 is 1.60. The van der Waals surface area contributed by atoms with Crippen LogP contribution in [0.5, 0.6) is 0 Å². The smallest absolute Gasteiger partial charge is 0.171 e. The van der Waals surface area contributed by atoms with Gasteiger partial charge in [0.05, 0.1) is 6.21 Å². The van der Waals surface area contributed by atoms with E-state index < -0.39 is 0 Å². The molecule has 0 atom stereocenters. The number of hydrogen-bond donors (Lipinski definition) is 1. The normalized spacial score (nSPS) is 12.1. The zero-order valence-corrected chi connectivity index (χ0v) is 9.26. The van der Waals surface area contributed by atoms with Crippen molar-refractivity contribution in [1.29, 1.82) is 0 Å². The van der Waals surface area contributed by atoms with Crippen LogP contribution in [0.4, 0.5) is 0 Å². The minimum absolute atomic E-state index is 0.313. The molecule has 0 fully saturated rings. The Morgan fingerprint density at radius 3 is 2.94 bits per heavy atom. The van der Waals surface area contributed by atoms with E-state index in [1.807, 2.05) is 29.6 Å². The highest BCUT2D eigenvalue weighted by Crippen LogP contribution is 2.04. The first-order valence-electron chi connectivity index (χ1n) is 4.67. The van der Waals surface area contributed by atoms with Crippen LogP contribution in [0.3, 0.4) is 0 Å². The Hall–Kier alpha value is -2.01. The number of aromatic nitrogens is 1. The minimum Gasteiger partial charge on any atom is -0.380 e. The second kappa shape index (κ2) is 5.18. The highest BCUT2D eigenvalue weighted by Gasteiger charge is 1.96. The molecular weight excluding hydrogens is 220 g/mol. The van der Waals surface area contributed by atoms with Crippen molar-refractivity contribution in [2.45, 2.75) is 0 Å². The molecule has 16 heavy (non-hydrogen) atoms. The fraction of sp³-hybridized carbons (Fsp3) is 0. The van der Waals surface area contributed by atoms with Gasteiger partial charge in [-0.3, -0.25) is 4.98 Å². The van der Waals surface area contributed by atoms with Gasteiger partial charge in [-0.05, 0) is 23.6 Å². The van der Waals surface area contributed by atoms with Gasteiger partial charge in [0.1, 0.15) is 5.69 Å². The summed E-state index contributed by atoms with van der Waals surface area (Å²) in [4.78, 5) is 5.11. The lowest BCUT2D eigenvalue weighted by atomic mass is 10.3. The van der Waals surface area contributed by atoms with Crippen LogP contribution in [0, 0.1) is 0 Å². The predicted octanol–water partition coefficient (Wildman–Crippen LogP) is 1.88. The van der Waals surface area contributed by atoms with E-state index in [0.29, 0.717) is 11.5 Å². The summed E-state index contributed by atoms with van der Waals surface area (Å²) in [5, 5.41) is 9.76. The number of pyridine rings is 1. The SMILES string of the molecule is NC(=NN=Cc1cccs1)c1ccccn1. The average Bonchev–Trinajstić information content (AvgIpc) is 2.83. The number of nitrogens with two attached hydrogens (primary N) is 1. The Kier molecular flexibility index (Phi) is 3.40. The predicted molar refractivity (Wildman–Crippen MR) is 66.9 cm³/mol. The van der Waals surface area contributed by atoms with Crippen molar-refractivity contribution in [2.24, 2.45) is 15.9 Å². The molecule has 2 rings (SSSR count). The number of nitrogens with zero attached hydrogens (tertiary/aromatic N) is 3. The average molecular weight is 230 g/mol. The maximum Gasteiger partial charge on any atom is 0.171 e. The molecule has 4 nitrogen and oxygen atoms in total. The summed E-state index contributed by atoms with van der Waals surface area (Å²) in [5.41, 5.74) is 6.34. The van der Waals surface area contributed by atoms with Crippen molar-refractivity contribution in [3.63, 3.8) is 0 Å². The Morgan fingerprint density at radius 2 is 2.25 bits per heavy atom. The molecular formula is C11H10N4S. The number of hydrogen-bond acceptors (Lipinski definition) is 4. The van der Waals surface area contributed by atoms with Gasteiger partial charge in [0.15, 0.2) is 5.84 Å². The Bertz CT molecular complexity index is 488. The standard InChI is InChI=1S/C11H10N4S/c12-11(10-5-1-2-6-13-10)15-14-8-9-4-3-7-16-9/h1-8H,(H2,12,15). The van der Waals surface area contributed by atoms with Crippen LogP contribution in [0.25, 0.3) is 0 Å². The number of rotatable bonds is 3. The van der Waals surface area contributed by atoms with Crippen LogP contribution in [0.15, 0.2) is 52.1 Å². The molecule has 2 aromatic rings. The minimum atomic E-state index is 0.313. The maximum absolute atomic E-state index is 5.71. The molecule has 80 valence electrons. The van der Waals surface area contributed by atoms with Gasteiger partial charge in [-0.15, -0.1) is 16.4 Å². The monoisotopic (exact) mass is 230 g/mol. The molecule has 0 unspecified atom stereocenters. The molecule has 0 saturated carbocycles. The zero-order valence-electron chi connectivity index (χ0n) is 8.45. The molecule has 0 radical (unpaired) electrons. The molecule has 0 amide bonds. The molecule has 2 aromatic heterocycles. The molecule has 0 aliphatic rings. The topological polar surface area (TPSA) is 63.6 Å². The first-order valence-corrected chi connectivity index (χ1v) is 5.55. The molecule has 0 spiro atoms. The first kappa shape index (κ1) is 10.5. The van der Waals surface area contributed by atoms with Crippen LogP contribution in [0.1, 0.15) is 10.6 Å². The van der Waals surface area contributed by atoms with Crippen LogP contribution in [-0.2, 0) is 0 Å². The molecule has 5 heteroatoms. The molecule has 0 aromatic carbocycles. The highest BCUT2D eigenvalue weighted by molar-refractivity contribution is 7.11. The lowest BCUT2D eigenvalue weighted by molar-refractivity contribution is 1.20. The lowest BCUT2D eigenvalue weighted by Gasteiger charge is -1.94. The van der Waals surface area contributed by atoms with E-state index in [2.05, 4.69) is 15.2 Å². The van der Waals surface area contributed by atoms with Crippen LogP contribution in [-0.4, -0.2) is 17.0 Å². The number of thiophene rings is 1. The largest absolute Gasteiger partial charge is 0.380 e. The number of amidine groups is 1. The van der Waals surface area contributed by atoms with Crippen LogP contribution >= 0.6 is 11.3 Å². The summed E-state index contributed by atoms with van der Waals surface area (Å²) in [6.07, 6.45) is 3.33. The van der Waals surface area contributed by atoms with Gasteiger partial charge in [0.25, 0.3) is 0 Å². The van der Waals surface area contributed by atoms with Gasteiger partial charge in [-0.1, -0.05) is 12.1 Å². The van der Waals surface area contributed by atoms with E-state index in [9.17, 15) is 0 Å². The van der Waals surface area contributed by atoms with Crippen LogP contribution in [0.2, 0.25) is 0 Å². The molecule has 0 aliphatic heterocycles. The van der Waals surface area contributed by atoms with E-state index in [-0.39, 0.29) is 0 Å². The van der Waals surface area contributed by atoms with E-state index in [0.717, 1.165) is 4.88 Å². The summed E-state index contributed by atoms with van der Waals surface area (Å²) in [7, 11) is 0. The van der Waals surface area contributed by atoms with E-state index in [4.69, 9.17) is 5.73 Å². The van der Waals surface area contributed by atoms with Gasteiger partial charge in [-0.25, -0.2) is 0 Å². The summed E-state index contributed by atoms with van der Waals surface area (Å²) < 4.78 is 0. The van der Waals surface area contributed by atoms with Crippen molar-refractivity contribution in [3.05, 3.63) is 52.5 Å². The summed E-state index contributed by atoms with van der Waals surface area (Å²) in [5.74, 6) is 0.313. The third kappa shape index (κ3) is 2.74. The Balaban J connectivity index is 2.08. The van der Waals surface area contributed by atoms with Crippen LogP contribution < -0.4 is 5.73 Å². The molecule has 2 N–H and O–H groups in total. The third-order valence-corrected chi connectivity index (χ3v) is 2.63. The van der Waals surface area contributed by atoms with Crippen molar-refractivity contribution in [1.82, 2.24) is 4.98 Å². The quantitative estimate of drug-likeness (QED) is 0.497. The van der Waals surface area contributed by atoms with E-state index in [1.165, 1.54) is 0 Å². The zero-order chi connectivity index (χ0) is 11.2. The van der Waals surface area contributed by atoms with Crippen molar-refractivity contribution >= 4 is 23.4 Å². The summed E-state index contributed by atoms with van der Waals surface area (Å²) in [6.45, 7) is 0. The van der Waals surface area contributed by atoms with Gasteiger partial charge in [-0.2, -0.15) is 5.10 Å². The lowest BCUT2D eigenvalue weighted by Crippen LogP contribution is -2.14. The van der Waals surface area contributed by atoms with Gasteiger partial charge >= 0.3 is 0 Å². The highest BCUT2D eigenvalue weighted by atomic mass is 32.1. The fourth-order valence-electron chi connectivity index (χ4n) is 1.08.